The van der Waals surface area contributed by atoms with Crippen LogP contribution in [0.15, 0.2) is 42.7 Å². The van der Waals surface area contributed by atoms with E-state index >= 15 is 0 Å². The van der Waals surface area contributed by atoms with Crippen molar-refractivity contribution in [1.82, 2.24) is 4.68 Å². The lowest BCUT2D eigenvalue weighted by atomic mass is 9.88. The van der Waals surface area contributed by atoms with Crippen molar-refractivity contribution in [3.63, 3.8) is 0 Å². The number of hydrogen-bond acceptors (Lipinski definition) is 2. The van der Waals surface area contributed by atoms with Gasteiger partial charge in [0.15, 0.2) is 0 Å². The van der Waals surface area contributed by atoms with Crippen LogP contribution in [0.3, 0.4) is 0 Å². The summed E-state index contributed by atoms with van der Waals surface area (Å²) in [6.07, 6.45) is 7.63. The molecule has 0 saturated carbocycles. The van der Waals surface area contributed by atoms with E-state index in [1.165, 1.54) is 24.0 Å². The van der Waals surface area contributed by atoms with E-state index < -0.39 is 0 Å². The zero-order valence-electron chi connectivity index (χ0n) is 10.6. The summed E-state index contributed by atoms with van der Waals surface area (Å²) in [4.78, 5) is 0. The minimum Gasteiger partial charge on any atom is -0.497 e. The summed E-state index contributed by atoms with van der Waals surface area (Å²) in [6.45, 7) is 0. The fraction of sp³-hybridized carbons (Fsp3) is 0.333. The lowest BCUT2D eigenvalue weighted by Crippen LogP contribution is -2.23. The summed E-state index contributed by atoms with van der Waals surface area (Å²) in [5, 5.41) is 0. The Morgan fingerprint density at radius 3 is 2.89 bits per heavy atom. The summed E-state index contributed by atoms with van der Waals surface area (Å²) >= 11 is 0. The predicted octanol–water partition coefficient (Wildman–Crippen LogP) is 3.12. The first kappa shape index (κ1) is 11.2. The molecule has 0 amide bonds. The van der Waals surface area contributed by atoms with E-state index in [4.69, 9.17) is 4.74 Å². The zero-order valence-corrected chi connectivity index (χ0v) is 10.6. The Balaban J connectivity index is 1.87. The maximum Gasteiger partial charge on any atom is 0.119 e. The van der Waals surface area contributed by atoms with E-state index in [9.17, 15) is 0 Å². The molecule has 1 aliphatic carbocycles. The van der Waals surface area contributed by atoms with E-state index in [-0.39, 0.29) is 0 Å². The smallest absolute Gasteiger partial charge is 0.119 e. The molecule has 3 rings (SSSR count). The van der Waals surface area contributed by atoms with Crippen molar-refractivity contribution in [2.45, 2.75) is 25.3 Å². The number of benzene rings is 1. The highest BCUT2D eigenvalue weighted by atomic mass is 16.5. The molecule has 0 saturated heterocycles. The summed E-state index contributed by atoms with van der Waals surface area (Å²) in [7, 11) is 1.72. The summed E-state index contributed by atoms with van der Waals surface area (Å²) < 4.78 is 7.33. The first-order valence-corrected chi connectivity index (χ1v) is 6.43. The number of aromatic nitrogens is 1. The van der Waals surface area contributed by atoms with Gasteiger partial charge in [0.1, 0.15) is 5.75 Å². The number of rotatable bonds is 3. The van der Waals surface area contributed by atoms with E-state index in [0.29, 0.717) is 6.04 Å². The summed E-state index contributed by atoms with van der Waals surface area (Å²) in [5.41, 5.74) is 6.34. The topological polar surface area (TPSA) is 26.2 Å². The van der Waals surface area contributed by atoms with Gasteiger partial charge in [-0.1, -0.05) is 6.07 Å². The molecule has 3 heteroatoms. The molecule has 18 heavy (non-hydrogen) atoms. The first-order chi connectivity index (χ1) is 8.86. The van der Waals surface area contributed by atoms with Crippen LogP contribution in [0.4, 0.5) is 0 Å². The van der Waals surface area contributed by atoms with Crippen molar-refractivity contribution in [3.8, 4) is 5.75 Å². The molecule has 0 spiro atoms. The summed E-state index contributed by atoms with van der Waals surface area (Å²) in [5.74, 6) is 0.954. The van der Waals surface area contributed by atoms with Crippen LogP contribution in [0.25, 0.3) is 0 Å². The van der Waals surface area contributed by atoms with Crippen LogP contribution in [-0.2, 0) is 6.42 Å². The fourth-order valence-electron chi connectivity index (χ4n) is 2.65. The standard InChI is InChI=1S/C15H18N2O/c1-18-13-7-8-14-12(11-13)5-4-6-15(14)16-17-9-2-3-10-17/h2-3,7-11,15-16H,4-6H2,1H3. The van der Waals surface area contributed by atoms with Gasteiger partial charge in [-0.05, 0) is 54.7 Å². The van der Waals surface area contributed by atoms with Gasteiger partial charge in [-0.15, -0.1) is 0 Å². The second kappa shape index (κ2) is 4.77. The van der Waals surface area contributed by atoms with Crippen molar-refractivity contribution in [1.29, 1.82) is 0 Å². The molecule has 94 valence electrons. The highest BCUT2D eigenvalue weighted by Crippen LogP contribution is 2.32. The van der Waals surface area contributed by atoms with Gasteiger partial charge in [0.2, 0.25) is 0 Å². The Kier molecular flexibility index (Phi) is 2.97. The van der Waals surface area contributed by atoms with Gasteiger partial charge >= 0.3 is 0 Å². The van der Waals surface area contributed by atoms with Crippen molar-refractivity contribution in [3.05, 3.63) is 53.9 Å². The monoisotopic (exact) mass is 242 g/mol. The molecule has 1 aromatic heterocycles. The molecule has 1 heterocycles. The minimum absolute atomic E-state index is 0.395. The van der Waals surface area contributed by atoms with E-state index in [0.717, 1.165) is 12.2 Å². The number of nitrogens with zero attached hydrogens (tertiary/aromatic N) is 1. The molecule has 1 unspecified atom stereocenters. The van der Waals surface area contributed by atoms with Gasteiger partial charge in [-0.3, -0.25) is 4.68 Å². The van der Waals surface area contributed by atoms with E-state index in [1.54, 1.807) is 7.11 Å². The van der Waals surface area contributed by atoms with Crippen molar-refractivity contribution >= 4 is 0 Å². The van der Waals surface area contributed by atoms with Crippen LogP contribution in [0, 0.1) is 0 Å². The predicted molar refractivity (Wildman–Crippen MR) is 72.5 cm³/mol. The third-order valence-electron chi connectivity index (χ3n) is 3.57. The highest BCUT2D eigenvalue weighted by Gasteiger charge is 2.20. The zero-order chi connectivity index (χ0) is 12.4. The average Bonchev–Trinajstić information content (AvgIpc) is 2.91. The van der Waals surface area contributed by atoms with Crippen molar-refractivity contribution in [2.75, 3.05) is 12.5 Å². The molecule has 1 N–H and O–H groups in total. The number of aryl methyl sites for hydroxylation is 1. The largest absolute Gasteiger partial charge is 0.497 e. The molecule has 0 bridgehead atoms. The molecule has 1 atom stereocenters. The molecule has 0 aliphatic heterocycles. The normalized spacial score (nSPS) is 18.2. The number of methoxy groups -OCH3 is 1. The highest BCUT2D eigenvalue weighted by molar-refractivity contribution is 5.40. The maximum absolute atomic E-state index is 5.30. The first-order valence-electron chi connectivity index (χ1n) is 6.43. The fourth-order valence-corrected chi connectivity index (χ4v) is 2.65. The number of hydrogen-bond donors (Lipinski definition) is 1. The molecule has 0 radical (unpaired) electrons. The molecule has 3 nitrogen and oxygen atoms in total. The molecule has 1 aliphatic rings. The van der Waals surface area contributed by atoms with Crippen LogP contribution in [0.2, 0.25) is 0 Å². The molecule has 0 fully saturated rings. The quantitative estimate of drug-likeness (QED) is 0.895. The Bertz CT molecular complexity index is 519. The van der Waals surface area contributed by atoms with Crippen LogP contribution in [0.5, 0.6) is 5.75 Å². The summed E-state index contributed by atoms with van der Waals surface area (Å²) in [6, 6.07) is 10.9. The van der Waals surface area contributed by atoms with Crippen molar-refractivity contribution < 1.29 is 4.74 Å². The van der Waals surface area contributed by atoms with Gasteiger partial charge in [0, 0.05) is 12.4 Å². The second-order valence-electron chi connectivity index (χ2n) is 4.73. The molecule has 1 aromatic carbocycles. The van der Waals surface area contributed by atoms with Gasteiger partial charge in [-0.25, -0.2) is 0 Å². The molecule has 2 aromatic rings. The lowest BCUT2D eigenvalue weighted by Gasteiger charge is -2.27. The molecular weight excluding hydrogens is 224 g/mol. The Hall–Kier alpha value is -1.90. The minimum atomic E-state index is 0.395. The second-order valence-corrected chi connectivity index (χ2v) is 4.73. The number of fused-ring (bicyclic) bond motifs is 1. The van der Waals surface area contributed by atoms with Crippen LogP contribution in [-0.4, -0.2) is 11.8 Å². The number of nitrogens with one attached hydrogen (secondary N) is 1. The average molecular weight is 242 g/mol. The SMILES string of the molecule is COc1ccc2c(c1)CCCC2Nn1cccc1. The third-order valence-corrected chi connectivity index (χ3v) is 3.57. The van der Waals surface area contributed by atoms with Crippen LogP contribution >= 0.6 is 0 Å². The van der Waals surface area contributed by atoms with Crippen LogP contribution < -0.4 is 10.2 Å². The van der Waals surface area contributed by atoms with E-state index in [1.807, 2.05) is 29.2 Å². The van der Waals surface area contributed by atoms with Gasteiger partial charge in [-0.2, -0.15) is 0 Å². The van der Waals surface area contributed by atoms with Gasteiger partial charge < -0.3 is 10.2 Å². The van der Waals surface area contributed by atoms with Gasteiger partial charge in [0.05, 0.1) is 13.2 Å². The van der Waals surface area contributed by atoms with E-state index in [2.05, 4.69) is 23.6 Å². The van der Waals surface area contributed by atoms with Crippen molar-refractivity contribution in [2.24, 2.45) is 0 Å². The van der Waals surface area contributed by atoms with Crippen LogP contribution in [0.1, 0.15) is 30.0 Å². The Morgan fingerprint density at radius 2 is 2.11 bits per heavy atom. The third kappa shape index (κ3) is 2.08. The molecular formula is C15H18N2O. The Labute approximate surface area is 107 Å². The Morgan fingerprint density at radius 1 is 1.28 bits per heavy atom. The van der Waals surface area contributed by atoms with Gasteiger partial charge in [0.25, 0.3) is 0 Å². The maximum atomic E-state index is 5.30. The number of ether oxygens (including phenoxy) is 1. The lowest BCUT2D eigenvalue weighted by molar-refractivity contribution is 0.413.